The van der Waals surface area contributed by atoms with E-state index in [0.29, 0.717) is 17.5 Å². The summed E-state index contributed by atoms with van der Waals surface area (Å²) in [6.45, 7) is -0.197. The molecule has 0 saturated heterocycles. The van der Waals surface area contributed by atoms with Crippen LogP contribution < -0.4 is 4.72 Å². The summed E-state index contributed by atoms with van der Waals surface area (Å²) in [5.41, 5.74) is 1.72. The van der Waals surface area contributed by atoms with E-state index in [1.165, 1.54) is 23.7 Å². The van der Waals surface area contributed by atoms with Crippen LogP contribution in [0.1, 0.15) is 5.69 Å². The maximum atomic E-state index is 13.7. The van der Waals surface area contributed by atoms with E-state index >= 15 is 0 Å². The lowest BCUT2D eigenvalue weighted by Crippen LogP contribution is -2.25. The predicted molar refractivity (Wildman–Crippen MR) is 85.7 cm³/mol. The van der Waals surface area contributed by atoms with E-state index in [-0.39, 0.29) is 6.54 Å². The Morgan fingerprint density at radius 2 is 1.92 bits per heavy atom. The molecule has 0 spiro atoms. The van der Waals surface area contributed by atoms with Crippen LogP contribution in [0.3, 0.4) is 0 Å². The zero-order valence-corrected chi connectivity index (χ0v) is 13.7. The van der Waals surface area contributed by atoms with Crippen molar-refractivity contribution in [2.75, 3.05) is 0 Å². The van der Waals surface area contributed by atoms with Crippen molar-refractivity contribution in [3.63, 3.8) is 0 Å². The predicted octanol–water partition coefficient (Wildman–Crippen LogP) is 2.96. The van der Waals surface area contributed by atoms with Crippen LogP contribution in [-0.4, -0.2) is 18.4 Å². The van der Waals surface area contributed by atoms with Crippen molar-refractivity contribution in [2.45, 2.75) is 11.4 Å². The van der Waals surface area contributed by atoms with Gasteiger partial charge in [0.2, 0.25) is 10.0 Å². The topological polar surface area (TPSA) is 72.0 Å². The van der Waals surface area contributed by atoms with Gasteiger partial charge in [0, 0.05) is 23.3 Å². The summed E-state index contributed by atoms with van der Waals surface area (Å²) in [7, 11) is -4.23. The van der Waals surface area contributed by atoms with Crippen molar-refractivity contribution in [1.82, 2.24) is 14.7 Å². The average molecular weight is 367 g/mol. The van der Waals surface area contributed by atoms with Crippen LogP contribution in [0.5, 0.6) is 0 Å². The Labute approximate surface area is 141 Å². The molecule has 0 bridgehead atoms. The first kappa shape index (κ1) is 16.6. The fraction of sp³-hybridized carbons (Fsp3) is 0.0667. The summed E-state index contributed by atoms with van der Waals surface area (Å²) >= 11 is 1.47. The van der Waals surface area contributed by atoms with E-state index < -0.39 is 26.6 Å². The number of benzene rings is 1. The van der Waals surface area contributed by atoms with Gasteiger partial charge in [-0.2, -0.15) is 11.3 Å². The molecule has 0 aliphatic carbocycles. The summed E-state index contributed by atoms with van der Waals surface area (Å²) in [6.07, 6.45) is 2.93. The van der Waals surface area contributed by atoms with Gasteiger partial charge in [0.25, 0.3) is 0 Å². The quantitative estimate of drug-likeness (QED) is 0.753. The monoisotopic (exact) mass is 367 g/mol. The number of halogens is 2. The van der Waals surface area contributed by atoms with Gasteiger partial charge in [-0.25, -0.2) is 21.9 Å². The standard InChI is InChI=1S/C15H11F2N3O2S2/c16-11-1-2-12(17)14(7-11)24(21,22)20-8-13-15(19-5-4-18-13)10-3-6-23-9-10/h1-7,9,20H,8H2. The van der Waals surface area contributed by atoms with Crippen molar-refractivity contribution in [3.8, 4) is 11.3 Å². The molecule has 5 nitrogen and oxygen atoms in total. The lowest BCUT2D eigenvalue weighted by Gasteiger charge is -2.09. The Balaban J connectivity index is 1.87. The summed E-state index contributed by atoms with van der Waals surface area (Å²) in [4.78, 5) is 7.57. The molecule has 0 amide bonds. The van der Waals surface area contributed by atoms with Crippen molar-refractivity contribution in [3.05, 3.63) is 64.7 Å². The first-order chi connectivity index (χ1) is 11.5. The molecular formula is C15H11F2N3O2S2. The van der Waals surface area contributed by atoms with Gasteiger partial charge in [-0.05, 0) is 29.6 Å². The first-order valence-electron chi connectivity index (χ1n) is 6.74. The van der Waals surface area contributed by atoms with Gasteiger partial charge in [-0.15, -0.1) is 0 Å². The number of thiophene rings is 1. The second-order valence-corrected chi connectivity index (χ2v) is 7.28. The van der Waals surface area contributed by atoms with Crippen LogP contribution in [0.25, 0.3) is 11.3 Å². The number of aromatic nitrogens is 2. The maximum absolute atomic E-state index is 13.7. The third kappa shape index (κ3) is 3.48. The summed E-state index contributed by atoms with van der Waals surface area (Å²) in [6, 6.07) is 4.09. The van der Waals surface area contributed by atoms with E-state index in [1.807, 2.05) is 16.8 Å². The number of rotatable bonds is 5. The molecule has 0 saturated carbocycles. The third-order valence-electron chi connectivity index (χ3n) is 3.18. The normalized spacial score (nSPS) is 11.6. The SMILES string of the molecule is O=S(=O)(NCc1nccnc1-c1ccsc1)c1cc(F)ccc1F. The summed E-state index contributed by atoms with van der Waals surface area (Å²) in [5.74, 6) is -1.86. The van der Waals surface area contributed by atoms with Crippen LogP contribution in [-0.2, 0) is 16.6 Å². The molecule has 9 heteroatoms. The highest BCUT2D eigenvalue weighted by Crippen LogP contribution is 2.23. The van der Waals surface area contributed by atoms with Crippen molar-refractivity contribution in [2.24, 2.45) is 0 Å². The Bertz CT molecular complexity index is 961. The Kier molecular flexibility index (Phi) is 4.65. The Morgan fingerprint density at radius 3 is 2.67 bits per heavy atom. The maximum Gasteiger partial charge on any atom is 0.243 e. The molecule has 0 radical (unpaired) electrons. The van der Waals surface area contributed by atoms with Gasteiger partial charge in [0.1, 0.15) is 16.5 Å². The third-order valence-corrected chi connectivity index (χ3v) is 5.28. The van der Waals surface area contributed by atoms with E-state index in [2.05, 4.69) is 14.7 Å². The van der Waals surface area contributed by atoms with Gasteiger partial charge in [0.05, 0.1) is 17.9 Å². The summed E-state index contributed by atoms with van der Waals surface area (Å²) in [5, 5.41) is 3.72. The van der Waals surface area contributed by atoms with E-state index in [1.54, 1.807) is 0 Å². The molecule has 0 aliphatic heterocycles. The second-order valence-electron chi connectivity index (χ2n) is 4.76. The molecular weight excluding hydrogens is 356 g/mol. The van der Waals surface area contributed by atoms with Crippen molar-refractivity contribution < 1.29 is 17.2 Å². The molecule has 2 aromatic heterocycles. The largest absolute Gasteiger partial charge is 0.256 e. The summed E-state index contributed by atoms with van der Waals surface area (Å²) < 4.78 is 53.5. The number of sulfonamides is 1. The molecule has 124 valence electrons. The highest BCUT2D eigenvalue weighted by Gasteiger charge is 2.21. The zero-order valence-electron chi connectivity index (χ0n) is 12.1. The van der Waals surface area contributed by atoms with E-state index in [0.717, 1.165) is 17.7 Å². The molecule has 0 aliphatic rings. The molecule has 2 heterocycles. The van der Waals surface area contributed by atoms with Crippen molar-refractivity contribution in [1.29, 1.82) is 0 Å². The number of hydrogen-bond acceptors (Lipinski definition) is 5. The van der Waals surface area contributed by atoms with Gasteiger partial charge < -0.3 is 0 Å². The minimum atomic E-state index is -4.23. The zero-order chi connectivity index (χ0) is 17.2. The lowest BCUT2D eigenvalue weighted by atomic mass is 10.2. The molecule has 0 atom stereocenters. The first-order valence-corrected chi connectivity index (χ1v) is 9.17. The molecule has 1 N–H and O–H groups in total. The van der Waals surface area contributed by atoms with Gasteiger partial charge >= 0.3 is 0 Å². The molecule has 1 aromatic carbocycles. The smallest absolute Gasteiger partial charge is 0.243 e. The number of hydrogen-bond donors (Lipinski definition) is 1. The highest BCUT2D eigenvalue weighted by atomic mass is 32.2. The minimum Gasteiger partial charge on any atom is -0.256 e. The average Bonchev–Trinajstić information content (AvgIpc) is 3.10. The second kappa shape index (κ2) is 6.71. The minimum absolute atomic E-state index is 0.197. The van der Waals surface area contributed by atoms with Crippen LogP contribution in [0, 0.1) is 11.6 Å². The van der Waals surface area contributed by atoms with Crippen molar-refractivity contribution >= 4 is 21.4 Å². The van der Waals surface area contributed by atoms with Crippen LogP contribution >= 0.6 is 11.3 Å². The fourth-order valence-electron chi connectivity index (χ4n) is 2.06. The number of nitrogens with zero attached hydrogens (tertiary/aromatic N) is 2. The molecule has 3 rings (SSSR count). The van der Waals surface area contributed by atoms with Crippen LogP contribution in [0.2, 0.25) is 0 Å². The fourth-order valence-corrected chi connectivity index (χ4v) is 3.78. The van der Waals surface area contributed by atoms with Gasteiger partial charge in [-0.3, -0.25) is 9.97 Å². The van der Waals surface area contributed by atoms with Gasteiger partial charge in [-0.1, -0.05) is 0 Å². The molecule has 24 heavy (non-hydrogen) atoms. The molecule has 3 aromatic rings. The highest BCUT2D eigenvalue weighted by molar-refractivity contribution is 7.89. The van der Waals surface area contributed by atoms with Crippen LogP contribution in [0.4, 0.5) is 8.78 Å². The molecule has 0 fully saturated rings. The Hall–Kier alpha value is -2.23. The lowest BCUT2D eigenvalue weighted by molar-refractivity contribution is 0.545. The van der Waals surface area contributed by atoms with E-state index in [9.17, 15) is 17.2 Å². The van der Waals surface area contributed by atoms with Gasteiger partial charge in [0.15, 0.2) is 0 Å². The Morgan fingerprint density at radius 1 is 1.12 bits per heavy atom. The molecule has 0 unspecified atom stereocenters. The van der Waals surface area contributed by atoms with E-state index in [4.69, 9.17) is 0 Å². The number of nitrogens with one attached hydrogen (secondary N) is 1. The van der Waals surface area contributed by atoms with Crippen LogP contribution in [0.15, 0.2) is 52.3 Å².